The number of ether oxygens (including phenoxy) is 1. The maximum atomic E-state index is 13.7. The molecule has 0 saturated heterocycles. The molecule has 2 aromatic carbocycles. The van der Waals surface area contributed by atoms with Crippen LogP contribution in [0.25, 0.3) is 11.1 Å². The topological polar surface area (TPSA) is 123 Å². The molecule has 1 aliphatic rings. The zero-order chi connectivity index (χ0) is 27.6. The molecule has 9 nitrogen and oxygen atoms in total. The highest BCUT2D eigenvalue weighted by molar-refractivity contribution is 6.07. The van der Waals surface area contributed by atoms with Crippen LogP contribution in [0.5, 0.6) is 0 Å². The van der Waals surface area contributed by atoms with Gasteiger partial charge in [-0.2, -0.15) is 0 Å². The Balaban J connectivity index is 1.60. The first-order chi connectivity index (χ1) is 19.0. The van der Waals surface area contributed by atoms with Crippen molar-refractivity contribution in [1.82, 2.24) is 15.6 Å². The van der Waals surface area contributed by atoms with Crippen LogP contribution in [-0.4, -0.2) is 47.3 Å². The van der Waals surface area contributed by atoms with E-state index >= 15 is 0 Å². The van der Waals surface area contributed by atoms with Gasteiger partial charge in [-0.05, 0) is 37.8 Å². The van der Waals surface area contributed by atoms with E-state index in [1.807, 2.05) is 49.4 Å². The maximum absolute atomic E-state index is 13.7. The number of rotatable bonds is 10. The van der Waals surface area contributed by atoms with Gasteiger partial charge in [0.15, 0.2) is 5.58 Å². The van der Waals surface area contributed by atoms with Crippen molar-refractivity contribution in [2.45, 2.75) is 70.9 Å². The highest BCUT2D eigenvalue weighted by Crippen LogP contribution is 2.28. The molecule has 1 fully saturated rings. The number of aliphatic imine (C=N–C) groups is 1. The van der Waals surface area contributed by atoms with Gasteiger partial charge in [-0.25, -0.2) is 9.78 Å². The summed E-state index contributed by atoms with van der Waals surface area (Å²) in [5.74, 6) is -0.231. The first kappa shape index (κ1) is 28.0. The molecule has 3 aromatic rings. The third kappa shape index (κ3) is 7.52. The fourth-order valence-electron chi connectivity index (χ4n) is 4.90. The summed E-state index contributed by atoms with van der Waals surface area (Å²) in [6, 6.07) is 14.7. The molecule has 2 atom stereocenters. The molecule has 0 aliphatic heterocycles. The molecule has 0 bridgehead atoms. The number of nitrogens with one attached hydrogen (secondary N) is 2. The molecule has 2 N–H and O–H groups in total. The average Bonchev–Trinajstić information content (AvgIpc) is 3.40. The lowest BCUT2D eigenvalue weighted by Crippen LogP contribution is -2.46. The molecular weight excluding hydrogens is 496 g/mol. The number of benzene rings is 2. The highest BCUT2D eigenvalue weighted by atomic mass is 16.5. The lowest BCUT2D eigenvalue weighted by molar-refractivity contribution is -0.123. The van der Waals surface area contributed by atoms with Gasteiger partial charge in [0.1, 0.15) is 17.4 Å². The number of alkyl carbamates (subject to hydrolysis) is 1. The van der Waals surface area contributed by atoms with Crippen molar-refractivity contribution in [3.8, 4) is 0 Å². The Labute approximate surface area is 228 Å². The van der Waals surface area contributed by atoms with Crippen molar-refractivity contribution in [1.29, 1.82) is 0 Å². The number of amides is 2. The second kappa shape index (κ2) is 13.7. The van der Waals surface area contributed by atoms with E-state index in [2.05, 4.69) is 15.6 Å². The number of carbonyl (C=O) groups excluding carboxylic acids is 3. The van der Waals surface area contributed by atoms with Gasteiger partial charge in [0.05, 0.1) is 12.6 Å². The van der Waals surface area contributed by atoms with Crippen LogP contribution in [0.4, 0.5) is 4.79 Å². The summed E-state index contributed by atoms with van der Waals surface area (Å²) in [5.41, 5.74) is 1.75. The van der Waals surface area contributed by atoms with E-state index in [1.54, 1.807) is 19.1 Å². The number of ketones is 1. The van der Waals surface area contributed by atoms with Gasteiger partial charge in [-0.3, -0.25) is 19.9 Å². The Morgan fingerprint density at radius 1 is 1.03 bits per heavy atom. The number of Topliss-reactive ketones (excluding diaryl/α,β-unsaturated/α-hetero) is 1. The van der Waals surface area contributed by atoms with E-state index in [9.17, 15) is 14.4 Å². The smallest absolute Gasteiger partial charge is 0.412 e. The second-order valence-corrected chi connectivity index (χ2v) is 9.77. The molecule has 2 amide bonds. The first-order valence-electron chi connectivity index (χ1n) is 13.8. The number of para-hydroxylation sites is 2. The van der Waals surface area contributed by atoms with Gasteiger partial charge >= 0.3 is 6.09 Å². The minimum absolute atomic E-state index is 0.0374. The molecule has 2 unspecified atom stereocenters. The van der Waals surface area contributed by atoms with Gasteiger partial charge < -0.3 is 14.5 Å². The molecule has 1 heterocycles. The molecule has 9 heteroatoms. The van der Waals surface area contributed by atoms with Crippen molar-refractivity contribution in [2.24, 2.45) is 10.9 Å². The fraction of sp³-hybridized carbons (Fsp3) is 0.433. The van der Waals surface area contributed by atoms with E-state index in [0.717, 1.165) is 25.7 Å². The molecule has 1 aromatic heterocycles. The summed E-state index contributed by atoms with van der Waals surface area (Å²) >= 11 is 0. The van der Waals surface area contributed by atoms with Gasteiger partial charge in [0.25, 0.3) is 5.89 Å². The van der Waals surface area contributed by atoms with Crippen LogP contribution in [-0.2, 0) is 9.53 Å². The minimum Gasteiger partial charge on any atom is -0.450 e. The Morgan fingerprint density at radius 2 is 1.74 bits per heavy atom. The largest absolute Gasteiger partial charge is 0.450 e. The van der Waals surface area contributed by atoms with Gasteiger partial charge in [-0.1, -0.05) is 81.5 Å². The molecular formula is C30H36N4O5. The average molecular weight is 533 g/mol. The molecule has 39 heavy (non-hydrogen) atoms. The van der Waals surface area contributed by atoms with Crippen LogP contribution in [0, 0.1) is 5.92 Å². The van der Waals surface area contributed by atoms with Crippen LogP contribution in [0.3, 0.4) is 0 Å². The van der Waals surface area contributed by atoms with Crippen molar-refractivity contribution in [3.63, 3.8) is 0 Å². The predicted octanol–water partition coefficient (Wildman–Crippen LogP) is 5.44. The number of fused-ring (bicyclic) bond motifs is 1. The van der Waals surface area contributed by atoms with E-state index in [1.165, 1.54) is 6.42 Å². The second-order valence-electron chi connectivity index (χ2n) is 9.77. The zero-order valence-electron chi connectivity index (χ0n) is 22.5. The van der Waals surface area contributed by atoms with E-state index < -0.39 is 24.0 Å². The third-order valence-electron chi connectivity index (χ3n) is 6.96. The summed E-state index contributed by atoms with van der Waals surface area (Å²) in [7, 11) is 0. The number of oxazole rings is 1. The Hall–Kier alpha value is -4.01. The van der Waals surface area contributed by atoms with Crippen LogP contribution in [0.1, 0.15) is 75.0 Å². The standard InChI is InChI=1S/C30H36N4O5/c1-3-22(26(35)29-33-23-17-11-12-18-25(23)39-29)32-28(36)24(19-20-13-7-5-8-14-20)31-27(34-30(37)38-4-2)21-15-9-6-10-16-21/h6,9-12,15-18,20,22,24H,3-5,7-8,13-14,19H2,1-2H3,(H,32,36)(H,31,34,37). The summed E-state index contributed by atoms with van der Waals surface area (Å²) in [5, 5.41) is 5.60. The van der Waals surface area contributed by atoms with Crippen molar-refractivity contribution in [3.05, 3.63) is 66.1 Å². The lowest BCUT2D eigenvalue weighted by atomic mass is 9.84. The fourth-order valence-corrected chi connectivity index (χ4v) is 4.90. The minimum atomic E-state index is -0.826. The number of aromatic nitrogens is 1. The van der Waals surface area contributed by atoms with Crippen LogP contribution in [0.15, 0.2) is 64.0 Å². The summed E-state index contributed by atoms with van der Waals surface area (Å²) in [6.45, 7) is 3.75. The molecule has 4 rings (SSSR count). The third-order valence-corrected chi connectivity index (χ3v) is 6.96. The summed E-state index contributed by atoms with van der Waals surface area (Å²) < 4.78 is 10.7. The molecule has 1 saturated carbocycles. The molecule has 0 radical (unpaired) electrons. The van der Waals surface area contributed by atoms with Gasteiger partial charge in [0, 0.05) is 5.56 Å². The van der Waals surface area contributed by atoms with Gasteiger partial charge in [-0.15, -0.1) is 0 Å². The Kier molecular flexibility index (Phi) is 9.83. The molecule has 1 aliphatic carbocycles. The predicted molar refractivity (Wildman–Crippen MR) is 149 cm³/mol. The number of hydrogen-bond acceptors (Lipinski definition) is 7. The number of amidine groups is 1. The van der Waals surface area contributed by atoms with E-state index in [4.69, 9.17) is 14.1 Å². The maximum Gasteiger partial charge on any atom is 0.412 e. The van der Waals surface area contributed by atoms with E-state index in [0.29, 0.717) is 35.4 Å². The zero-order valence-corrected chi connectivity index (χ0v) is 22.5. The SMILES string of the molecule is CCOC(=O)NC(=NC(CC1CCCCC1)C(=O)NC(CC)C(=O)c1nc2ccccc2o1)c1ccccc1. The lowest BCUT2D eigenvalue weighted by Gasteiger charge is -2.26. The summed E-state index contributed by atoms with van der Waals surface area (Å²) in [6.07, 6.45) is 5.68. The van der Waals surface area contributed by atoms with Crippen LogP contribution >= 0.6 is 0 Å². The number of hydrogen-bond donors (Lipinski definition) is 2. The van der Waals surface area contributed by atoms with Crippen molar-refractivity contribution >= 4 is 34.7 Å². The Bertz CT molecular complexity index is 1260. The number of carbonyl (C=O) groups is 3. The van der Waals surface area contributed by atoms with E-state index in [-0.39, 0.29) is 24.2 Å². The van der Waals surface area contributed by atoms with Crippen molar-refractivity contribution < 1.29 is 23.5 Å². The monoisotopic (exact) mass is 532 g/mol. The summed E-state index contributed by atoms with van der Waals surface area (Å²) in [4.78, 5) is 48.4. The van der Waals surface area contributed by atoms with Crippen LogP contribution < -0.4 is 10.6 Å². The van der Waals surface area contributed by atoms with Crippen LogP contribution in [0.2, 0.25) is 0 Å². The first-order valence-corrected chi connectivity index (χ1v) is 13.8. The Morgan fingerprint density at radius 3 is 2.44 bits per heavy atom. The number of nitrogens with zero attached hydrogens (tertiary/aromatic N) is 2. The van der Waals surface area contributed by atoms with Crippen molar-refractivity contribution in [2.75, 3.05) is 6.61 Å². The molecule has 206 valence electrons. The quantitative estimate of drug-likeness (QED) is 0.204. The highest BCUT2D eigenvalue weighted by Gasteiger charge is 2.30. The van der Waals surface area contributed by atoms with Gasteiger partial charge in [0.2, 0.25) is 11.7 Å². The normalized spacial score (nSPS) is 15.9. The molecule has 0 spiro atoms.